The molecule has 0 unspecified atom stereocenters. The molecular formula is C17H15N3O4. The van der Waals surface area contributed by atoms with Crippen molar-refractivity contribution in [3.05, 3.63) is 59.8 Å². The van der Waals surface area contributed by atoms with Crippen molar-refractivity contribution < 1.29 is 19.4 Å². The molecule has 7 nitrogen and oxygen atoms in total. The fraction of sp³-hybridized carbons (Fsp3) is 0.118. The summed E-state index contributed by atoms with van der Waals surface area (Å²) in [6, 6.07) is 13.5. The van der Waals surface area contributed by atoms with E-state index in [9.17, 15) is 9.59 Å². The maximum absolute atomic E-state index is 12.1. The van der Waals surface area contributed by atoms with Crippen LogP contribution in [0.5, 0.6) is 5.75 Å². The molecule has 1 amide bonds. The summed E-state index contributed by atoms with van der Waals surface area (Å²) in [5, 5.41) is 19.2. The molecule has 0 spiro atoms. The number of hydrogen-bond donors (Lipinski definition) is 3. The maximum Gasteiger partial charge on any atom is 0.335 e. The van der Waals surface area contributed by atoms with Gasteiger partial charge in [0.2, 0.25) is 0 Å². The first-order chi connectivity index (χ1) is 11.6. The molecule has 0 saturated carbocycles. The van der Waals surface area contributed by atoms with Crippen LogP contribution in [0.4, 0.5) is 0 Å². The summed E-state index contributed by atoms with van der Waals surface area (Å²) in [5.74, 6) is -0.725. The Morgan fingerprint density at radius 2 is 1.88 bits per heavy atom. The quantitative estimate of drug-likeness (QED) is 0.602. The first-order valence-electron chi connectivity index (χ1n) is 7.32. The maximum atomic E-state index is 12.1. The standard InChI is InChI=1S/C17H15N3O4/c21-16(15-13-3-1-2-4-14(13)19-20-15)18-9-10-24-12-7-5-11(6-8-12)17(22)23/h1-8H,9-10H2,(H,18,21)(H,19,20)(H,22,23). The van der Waals surface area contributed by atoms with E-state index < -0.39 is 5.97 Å². The number of nitrogens with zero attached hydrogens (tertiary/aromatic N) is 1. The predicted molar refractivity (Wildman–Crippen MR) is 87.3 cm³/mol. The van der Waals surface area contributed by atoms with E-state index in [4.69, 9.17) is 9.84 Å². The van der Waals surface area contributed by atoms with Gasteiger partial charge in [-0.1, -0.05) is 18.2 Å². The summed E-state index contributed by atoms with van der Waals surface area (Å²) in [6.45, 7) is 0.571. The minimum absolute atomic E-state index is 0.195. The lowest BCUT2D eigenvalue weighted by Crippen LogP contribution is -2.28. The number of para-hydroxylation sites is 1. The number of fused-ring (bicyclic) bond motifs is 1. The summed E-state index contributed by atoms with van der Waals surface area (Å²) in [5.41, 5.74) is 1.34. The second kappa shape index (κ2) is 6.82. The van der Waals surface area contributed by atoms with Crippen molar-refractivity contribution >= 4 is 22.8 Å². The van der Waals surface area contributed by atoms with E-state index in [1.807, 2.05) is 24.3 Å². The molecule has 0 radical (unpaired) electrons. The van der Waals surface area contributed by atoms with Crippen molar-refractivity contribution in [3.8, 4) is 5.75 Å². The van der Waals surface area contributed by atoms with E-state index >= 15 is 0 Å². The number of nitrogens with one attached hydrogen (secondary N) is 2. The van der Waals surface area contributed by atoms with E-state index in [1.54, 1.807) is 12.1 Å². The Morgan fingerprint density at radius 3 is 2.62 bits per heavy atom. The molecule has 0 aliphatic carbocycles. The lowest BCUT2D eigenvalue weighted by atomic mass is 10.2. The van der Waals surface area contributed by atoms with Crippen LogP contribution in [0.25, 0.3) is 10.9 Å². The van der Waals surface area contributed by atoms with Gasteiger partial charge in [0, 0.05) is 5.39 Å². The highest BCUT2D eigenvalue weighted by atomic mass is 16.5. The van der Waals surface area contributed by atoms with Crippen LogP contribution in [0.1, 0.15) is 20.8 Å². The molecule has 0 atom stereocenters. The smallest absolute Gasteiger partial charge is 0.335 e. The highest BCUT2D eigenvalue weighted by Crippen LogP contribution is 2.15. The number of ether oxygens (including phenoxy) is 1. The number of carbonyl (C=O) groups excluding carboxylic acids is 1. The topological polar surface area (TPSA) is 104 Å². The fourth-order valence-corrected chi connectivity index (χ4v) is 2.25. The van der Waals surface area contributed by atoms with E-state index in [-0.39, 0.29) is 18.1 Å². The number of carboxylic acid groups (broad SMARTS) is 1. The molecule has 3 N–H and O–H groups in total. The number of aromatic carboxylic acids is 1. The summed E-state index contributed by atoms with van der Waals surface area (Å²) in [6.07, 6.45) is 0. The van der Waals surface area contributed by atoms with Crippen molar-refractivity contribution in [1.82, 2.24) is 15.5 Å². The van der Waals surface area contributed by atoms with E-state index in [0.717, 1.165) is 10.9 Å². The Labute approximate surface area is 137 Å². The first-order valence-corrected chi connectivity index (χ1v) is 7.32. The minimum Gasteiger partial charge on any atom is -0.492 e. The molecule has 1 aromatic heterocycles. The molecule has 0 fully saturated rings. The van der Waals surface area contributed by atoms with Crippen LogP contribution in [0.15, 0.2) is 48.5 Å². The van der Waals surface area contributed by atoms with Crippen molar-refractivity contribution in [1.29, 1.82) is 0 Å². The lowest BCUT2D eigenvalue weighted by molar-refractivity contribution is 0.0696. The molecule has 2 aromatic carbocycles. The molecule has 0 aliphatic rings. The van der Waals surface area contributed by atoms with Gasteiger partial charge in [-0.3, -0.25) is 9.89 Å². The van der Waals surface area contributed by atoms with Crippen molar-refractivity contribution in [2.75, 3.05) is 13.2 Å². The number of benzene rings is 2. The zero-order valence-electron chi connectivity index (χ0n) is 12.7. The van der Waals surface area contributed by atoms with Crippen LogP contribution in [-0.2, 0) is 0 Å². The van der Waals surface area contributed by atoms with Gasteiger partial charge in [0.25, 0.3) is 5.91 Å². The van der Waals surface area contributed by atoms with E-state index in [2.05, 4.69) is 15.5 Å². The monoisotopic (exact) mass is 325 g/mol. The number of aromatic amines is 1. The van der Waals surface area contributed by atoms with Crippen LogP contribution in [-0.4, -0.2) is 40.3 Å². The summed E-state index contributed by atoms with van der Waals surface area (Å²) in [4.78, 5) is 22.9. The highest BCUT2D eigenvalue weighted by Gasteiger charge is 2.12. The third-order valence-corrected chi connectivity index (χ3v) is 3.44. The Morgan fingerprint density at radius 1 is 1.12 bits per heavy atom. The Balaban J connectivity index is 1.51. The van der Waals surface area contributed by atoms with Gasteiger partial charge in [0.1, 0.15) is 12.4 Å². The number of carboxylic acids is 1. The van der Waals surface area contributed by atoms with E-state index in [0.29, 0.717) is 18.0 Å². The molecule has 24 heavy (non-hydrogen) atoms. The number of amides is 1. The molecule has 1 heterocycles. The number of aromatic nitrogens is 2. The zero-order valence-corrected chi connectivity index (χ0v) is 12.7. The second-order valence-electron chi connectivity index (χ2n) is 5.05. The van der Waals surface area contributed by atoms with Gasteiger partial charge in [0.15, 0.2) is 5.69 Å². The van der Waals surface area contributed by atoms with Crippen molar-refractivity contribution in [2.45, 2.75) is 0 Å². The van der Waals surface area contributed by atoms with Gasteiger partial charge in [-0.2, -0.15) is 5.10 Å². The molecule has 0 saturated heterocycles. The average Bonchev–Trinajstić information content (AvgIpc) is 3.03. The molecule has 122 valence electrons. The third-order valence-electron chi connectivity index (χ3n) is 3.44. The van der Waals surface area contributed by atoms with Crippen LogP contribution < -0.4 is 10.1 Å². The molecule has 3 rings (SSSR count). The van der Waals surface area contributed by atoms with Crippen LogP contribution in [0, 0.1) is 0 Å². The number of rotatable bonds is 6. The second-order valence-corrected chi connectivity index (χ2v) is 5.05. The SMILES string of the molecule is O=C(O)c1ccc(OCCNC(=O)c2n[nH]c3ccccc23)cc1. The highest BCUT2D eigenvalue weighted by molar-refractivity contribution is 6.04. The van der Waals surface area contributed by atoms with Gasteiger partial charge >= 0.3 is 5.97 Å². The Bertz CT molecular complexity index is 871. The summed E-state index contributed by atoms with van der Waals surface area (Å²) < 4.78 is 5.46. The normalized spacial score (nSPS) is 10.5. The molecule has 0 bridgehead atoms. The molecule has 0 aliphatic heterocycles. The van der Waals surface area contributed by atoms with Gasteiger partial charge in [-0.05, 0) is 30.3 Å². The molecule has 7 heteroatoms. The third kappa shape index (κ3) is 3.35. The fourth-order valence-electron chi connectivity index (χ4n) is 2.25. The molecular weight excluding hydrogens is 310 g/mol. The van der Waals surface area contributed by atoms with Crippen LogP contribution >= 0.6 is 0 Å². The van der Waals surface area contributed by atoms with Gasteiger partial charge in [-0.25, -0.2) is 4.79 Å². The van der Waals surface area contributed by atoms with Crippen molar-refractivity contribution in [3.63, 3.8) is 0 Å². The first kappa shape index (κ1) is 15.5. The number of hydrogen-bond acceptors (Lipinski definition) is 4. The number of H-pyrrole nitrogens is 1. The lowest BCUT2D eigenvalue weighted by Gasteiger charge is -2.07. The minimum atomic E-state index is -0.986. The zero-order chi connectivity index (χ0) is 16.9. The van der Waals surface area contributed by atoms with Crippen LogP contribution in [0.3, 0.4) is 0 Å². The Kier molecular flexibility index (Phi) is 4.42. The van der Waals surface area contributed by atoms with Gasteiger partial charge < -0.3 is 15.2 Å². The summed E-state index contributed by atoms with van der Waals surface area (Å²) >= 11 is 0. The average molecular weight is 325 g/mol. The van der Waals surface area contributed by atoms with Crippen LogP contribution in [0.2, 0.25) is 0 Å². The van der Waals surface area contributed by atoms with E-state index in [1.165, 1.54) is 12.1 Å². The predicted octanol–water partition coefficient (Wildman–Crippen LogP) is 2.07. The van der Waals surface area contributed by atoms with Gasteiger partial charge in [-0.15, -0.1) is 0 Å². The van der Waals surface area contributed by atoms with Gasteiger partial charge in [0.05, 0.1) is 17.6 Å². The Hall–Kier alpha value is -3.35. The molecule has 3 aromatic rings. The largest absolute Gasteiger partial charge is 0.492 e. The summed E-state index contributed by atoms with van der Waals surface area (Å²) in [7, 11) is 0. The van der Waals surface area contributed by atoms with Crippen molar-refractivity contribution in [2.24, 2.45) is 0 Å². The number of carbonyl (C=O) groups is 2.